The highest BCUT2D eigenvalue weighted by Gasteiger charge is 2.33. The number of hydrogen-bond acceptors (Lipinski definition) is 4. The Bertz CT molecular complexity index is 434. The fourth-order valence-corrected chi connectivity index (χ4v) is 3.43. The van der Waals surface area contributed by atoms with Crippen molar-refractivity contribution in [3.63, 3.8) is 0 Å². The van der Waals surface area contributed by atoms with Gasteiger partial charge < -0.3 is 9.84 Å². The molecule has 108 valence electrons. The van der Waals surface area contributed by atoms with Crippen molar-refractivity contribution in [1.29, 1.82) is 0 Å². The topological polar surface area (TPSA) is 42.4 Å². The first kappa shape index (κ1) is 14.8. The van der Waals surface area contributed by atoms with Crippen LogP contribution in [0.25, 0.3) is 0 Å². The van der Waals surface area contributed by atoms with Gasteiger partial charge in [0.15, 0.2) is 0 Å². The second-order valence-corrected chi connectivity index (χ2v) is 6.81. The smallest absolute Gasteiger partial charge is 0.261 e. The van der Waals surface area contributed by atoms with E-state index in [1.54, 1.807) is 0 Å². The van der Waals surface area contributed by atoms with E-state index in [1.807, 2.05) is 0 Å². The van der Waals surface area contributed by atoms with E-state index in [1.165, 1.54) is 11.3 Å². The number of ether oxygens (including phenoxy) is 1. The summed E-state index contributed by atoms with van der Waals surface area (Å²) in [5.41, 5.74) is 1.02. The van der Waals surface area contributed by atoms with Gasteiger partial charge in [0.25, 0.3) is 6.43 Å². The molecule has 2 rings (SSSR count). The molecule has 0 radical (unpaired) electrons. The minimum absolute atomic E-state index is 0.0595. The quantitative estimate of drug-likeness (QED) is 0.848. The minimum atomic E-state index is -2.42. The summed E-state index contributed by atoms with van der Waals surface area (Å²) in [7, 11) is 0. The van der Waals surface area contributed by atoms with E-state index in [0.717, 1.165) is 28.4 Å². The molecule has 1 heterocycles. The van der Waals surface area contributed by atoms with Crippen LogP contribution in [0.1, 0.15) is 42.0 Å². The molecule has 0 aromatic carbocycles. The summed E-state index contributed by atoms with van der Waals surface area (Å²) in [5.74, 6) is 0. The standard InChI is InChI=1S/C13H19F2NO2S/c1-13(2)5-8-12(9(17)6-13)19-11(16-8)3-4-18-7-10(14)15/h9-10,17H,3-7H2,1-2H3. The highest BCUT2D eigenvalue weighted by atomic mass is 32.1. The van der Waals surface area contributed by atoms with E-state index < -0.39 is 19.1 Å². The van der Waals surface area contributed by atoms with Crippen molar-refractivity contribution in [3.05, 3.63) is 15.6 Å². The van der Waals surface area contributed by atoms with Crippen LogP contribution in [0.4, 0.5) is 8.78 Å². The van der Waals surface area contributed by atoms with Gasteiger partial charge in [0.2, 0.25) is 0 Å². The summed E-state index contributed by atoms with van der Waals surface area (Å²) >= 11 is 1.47. The van der Waals surface area contributed by atoms with E-state index >= 15 is 0 Å². The largest absolute Gasteiger partial charge is 0.387 e. The second kappa shape index (κ2) is 5.81. The first-order chi connectivity index (χ1) is 8.87. The predicted molar refractivity (Wildman–Crippen MR) is 69.7 cm³/mol. The number of aliphatic hydroxyl groups excluding tert-OH is 1. The Hall–Kier alpha value is -0.590. The zero-order chi connectivity index (χ0) is 14.0. The first-order valence-corrected chi connectivity index (χ1v) is 7.21. The molecule has 0 spiro atoms. The first-order valence-electron chi connectivity index (χ1n) is 6.40. The molecule has 0 saturated carbocycles. The minimum Gasteiger partial charge on any atom is -0.387 e. The zero-order valence-electron chi connectivity index (χ0n) is 11.2. The Morgan fingerprint density at radius 2 is 2.26 bits per heavy atom. The van der Waals surface area contributed by atoms with Crippen LogP contribution < -0.4 is 0 Å². The van der Waals surface area contributed by atoms with Crippen LogP contribution in [-0.4, -0.2) is 29.7 Å². The molecule has 1 aliphatic rings. The number of thiazole rings is 1. The molecule has 0 saturated heterocycles. The zero-order valence-corrected chi connectivity index (χ0v) is 12.0. The monoisotopic (exact) mass is 291 g/mol. The molecule has 6 heteroatoms. The van der Waals surface area contributed by atoms with Crippen molar-refractivity contribution in [2.45, 2.75) is 45.6 Å². The lowest BCUT2D eigenvalue weighted by Gasteiger charge is -2.31. The molecular weight excluding hydrogens is 272 g/mol. The van der Waals surface area contributed by atoms with Crippen LogP contribution in [0.15, 0.2) is 0 Å². The van der Waals surface area contributed by atoms with E-state index in [0.29, 0.717) is 6.42 Å². The van der Waals surface area contributed by atoms with Crippen molar-refractivity contribution >= 4 is 11.3 Å². The third kappa shape index (κ3) is 3.94. The molecule has 0 fully saturated rings. The molecule has 1 aromatic heterocycles. The second-order valence-electron chi connectivity index (χ2n) is 5.70. The molecule has 1 unspecified atom stereocenters. The van der Waals surface area contributed by atoms with Crippen LogP contribution in [0.5, 0.6) is 0 Å². The number of nitrogens with zero attached hydrogens (tertiary/aromatic N) is 1. The number of fused-ring (bicyclic) bond motifs is 1. The van der Waals surface area contributed by atoms with Crippen molar-refractivity contribution in [1.82, 2.24) is 4.98 Å². The number of halogens is 2. The maximum absolute atomic E-state index is 11.9. The van der Waals surface area contributed by atoms with Gasteiger partial charge in [-0.3, -0.25) is 0 Å². The predicted octanol–water partition coefficient (Wildman–Crippen LogP) is 2.97. The van der Waals surface area contributed by atoms with Gasteiger partial charge in [-0.15, -0.1) is 11.3 Å². The number of aliphatic hydroxyl groups is 1. The highest BCUT2D eigenvalue weighted by molar-refractivity contribution is 7.11. The summed E-state index contributed by atoms with van der Waals surface area (Å²) in [6.07, 6.45) is -0.756. The van der Waals surface area contributed by atoms with Crippen LogP contribution in [0.2, 0.25) is 0 Å². The van der Waals surface area contributed by atoms with E-state index in [4.69, 9.17) is 4.74 Å². The number of hydrogen-bond donors (Lipinski definition) is 1. The number of rotatable bonds is 5. The van der Waals surface area contributed by atoms with Gasteiger partial charge in [0.05, 0.1) is 28.3 Å². The van der Waals surface area contributed by atoms with Crippen molar-refractivity contribution in [2.75, 3.05) is 13.2 Å². The highest BCUT2D eigenvalue weighted by Crippen LogP contribution is 2.42. The van der Waals surface area contributed by atoms with E-state index in [-0.39, 0.29) is 12.0 Å². The summed E-state index contributed by atoms with van der Waals surface area (Å²) < 4.78 is 28.7. The third-order valence-corrected chi connectivity index (χ3v) is 4.43. The molecule has 19 heavy (non-hydrogen) atoms. The maximum Gasteiger partial charge on any atom is 0.261 e. The van der Waals surface area contributed by atoms with Crippen LogP contribution >= 0.6 is 11.3 Å². The average molecular weight is 291 g/mol. The van der Waals surface area contributed by atoms with Gasteiger partial charge >= 0.3 is 0 Å². The molecule has 1 aliphatic carbocycles. The normalized spacial score (nSPS) is 21.7. The van der Waals surface area contributed by atoms with Gasteiger partial charge in [0, 0.05) is 6.42 Å². The Morgan fingerprint density at radius 3 is 2.95 bits per heavy atom. The molecule has 0 bridgehead atoms. The van der Waals surface area contributed by atoms with Gasteiger partial charge in [-0.2, -0.15) is 0 Å². The van der Waals surface area contributed by atoms with Crippen molar-refractivity contribution < 1.29 is 18.6 Å². The van der Waals surface area contributed by atoms with Crippen LogP contribution in [-0.2, 0) is 17.6 Å². The molecule has 3 nitrogen and oxygen atoms in total. The van der Waals surface area contributed by atoms with Crippen LogP contribution in [0.3, 0.4) is 0 Å². The molecule has 1 atom stereocenters. The average Bonchev–Trinajstić information content (AvgIpc) is 2.65. The lowest BCUT2D eigenvalue weighted by molar-refractivity contribution is 0.0187. The summed E-state index contributed by atoms with van der Waals surface area (Å²) in [6, 6.07) is 0. The molecule has 0 aliphatic heterocycles. The fourth-order valence-electron chi connectivity index (χ4n) is 2.38. The lowest BCUT2D eigenvalue weighted by Crippen LogP contribution is -2.24. The van der Waals surface area contributed by atoms with Crippen molar-refractivity contribution in [2.24, 2.45) is 5.41 Å². The van der Waals surface area contributed by atoms with Crippen molar-refractivity contribution in [3.8, 4) is 0 Å². The number of aromatic nitrogens is 1. The Morgan fingerprint density at radius 1 is 1.53 bits per heavy atom. The molecule has 0 amide bonds. The van der Waals surface area contributed by atoms with E-state index in [2.05, 4.69) is 18.8 Å². The van der Waals surface area contributed by atoms with E-state index in [9.17, 15) is 13.9 Å². The Labute approximate surface area is 115 Å². The summed E-state index contributed by atoms with van der Waals surface area (Å²) in [5, 5.41) is 11.0. The van der Waals surface area contributed by atoms with Gasteiger partial charge in [-0.1, -0.05) is 13.8 Å². The Balaban J connectivity index is 1.95. The summed E-state index contributed by atoms with van der Waals surface area (Å²) in [4.78, 5) is 5.44. The Kier molecular flexibility index (Phi) is 4.53. The van der Waals surface area contributed by atoms with Crippen LogP contribution in [0, 0.1) is 5.41 Å². The van der Waals surface area contributed by atoms with Gasteiger partial charge in [0.1, 0.15) is 6.61 Å². The number of alkyl halides is 2. The molecule has 1 aromatic rings. The maximum atomic E-state index is 11.9. The lowest BCUT2D eigenvalue weighted by atomic mass is 9.77. The molecular formula is C13H19F2NO2S. The SMILES string of the molecule is CC1(C)Cc2nc(CCOCC(F)F)sc2C(O)C1. The molecule has 1 N–H and O–H groups in total. The third-order valence-electron chi connectivity index (χ3n) is 3.17. The van der Waals surface area contributed by atoms with Gasteiger partial charge in [-0.05, 0) is 18.3 Å². The fraction of sp³-hybridized carbons (Fsp3) is 0.769. The van der Waals surface area contributed by atoms with Gasteiger partial charge in [-0.25, -0.2) is 13.8 Å². The summed E-state index contributed by atoms with van der Waals surface area (Å²) in [6.45, 7) is 3.95.